The van der Waals surface area contributed by atoms with Gasteiger partial charge in [0.15, 0.2) is 5.76 Å². The maximum Gasteiger partial charge on any atom is 0.284 e. The summed E-state index contributed by atoms with van der Waals surface area (Å²) < 4.78 is 10.8. The summed E-state index contributed by atoms with van der Waals surface area (Å²) in [6.45, 7) is 1.84. The Labute approximate surface area is 155 Å². The standard InChI is InChI=1S/C19H19N3O3S/c1-12(26-19-22-21-18(25-19)16-10-5-11-24-16)17(23)20-15-9-4-7-13-6-2-3-8-14(13)15/h2-3,5-6,8,10-12,15H,4,7,9H2,1H3,(H,20,23)/t12-,15+/m1/s1. The fourth-order valence-electron chi connectivity index (χ4n) is 3.15. The fourth-order valence-corrected chi connectivity index (χ4v) is 3.85. The normalized spacial score (nSPS) is 17.5. The maximum absolute atomic E-state index is 12.6. The van der Waals surface area contributed by atoms with Gasteiger partial charge < -0.3 is 14.2 Å². The first-order valence-electron chi connectivity index (χ1n) is 8.63. The van der Waals surface area contributed by atoms with Gasteiger partial charge in [0.2, 0.25) is 5.91 Å². The van der Waals surface area contributed by atoms with Crippen molar-refractivity contribution in [3.63, 3.8) is 0 Å². The van der Waals surface area contributed by atoms with E-state index in [2.05, 4.69) is 27.6 Å². The molecule has 0 saturated heterocycles. The molecule has 2 atom stereocenters. The summed E-state index contributed by atoms with van der Waals surface area (Å²) in [5.41, 5.74) is 2.55. The van der Waals surface area contributed by atoms with Gasteiger partial charge in [-0.05, 0) is 49.4 Å². The lowest BCUT2D eigenvalue weighted by molar-refractivity contribution is -0.121. The maximum atomic E-state index is 12.6. The molecule has 134 valence electrons. The van der Waals surface area contributed by atoms with Crippen LogP contribution in [0.2, 0.25) is 0 Å². The Morgan fingerprint density at radius 2 is 2.15 bits per heavy atom. The fraction of sp³-hybridized carbons (Fsp3) is 0.316. The predicted molar refractivity (Wildman–Crippen MR) is 97.6 cm³/mol. The van der Waals surface area contributed by atoms with Crippen LogP contribution in [0.15, 0.2) is 56.7 Å². The lowest BCUT2D eigenvalue weighted by Crippen LogP contribution is -2.35. The summed E-state index contributed by atoms with van der Waals surface area (Å²) in [5, 5.41) is 11.1. The number of rotatable bonds is 5. The molecule has 0 aliphatic heterocycles. The third kappa shape index (κ3) is 3.53. The SMILES string of the molecule is C[C@@H](Sc1nnc(-c2ccco2)o1)C(=O)N[C@H]1CCCc2ccccc21. The van der Waals surface area contributed by atoms with E-state index in [0.717, 1.165) is 19.3 Å². The van der Waals surface area contributed by atoms with E-state index in [1.54, 1.807) is 18.4 Å². The van der Waals surface area contributed by atoms with Crippen molar-refractivity contribution in [2.75, 3.05) is 0 Å². The van der Waals surface area contributed by atoms with Crippen LogP contribution in [0.3, 0.4) is 0 Å². The summed E-state index contributed by atoms with van der Waals surface area (Å²) in [6, 6.07) is 11.9. The van der Waals surface area contributed by atoms with Crippen LogP contribution in [0.25, 0.3) is 11.7 Å². The number of amides is 1. The van der Waals surface area contributed by atoms with Crippen molar-refractivity contribution in [3.8, 4) is 11.7 Å². The topological polar surface area (TPSA) is 81.2 Å². The molecule has 0 unspecified atom stereocenters. The molecule has 1 amide bonds. The number of benzene rings is 1. The van der Waals surface area contributed by atoms with E-state index in [0.29, 0.717) is 16.9 Å². The summed E-state index contributed by atoms with van der Waals surface area (Å²) in [7, 11) is 0. The van der Waals surface area contributed by atoms with Gasteiger partial charge in [-0.2, -0.15) is 0 Å². The van der Waals surface area contributed by atoms with Crippen molar-refractivity contribution >= 4 is 17.7 Å². The Kier molecular flexibility index (Phi) is 4.79. The zero-order valence-electron chi connectivity index (χ0n) is 14.3. The van der Waals surface area contributed by atoms with Gasteiger partial charge in [0.05, 0.1) is 17.6 Å². The number of thioether (sulfide) groups is 1. The molecular formula is C19H19N3O3S. The van der Waals surface area contributed by atoms with Crippen LogP contribution in [-0.4, -0.2) is 21.4 Å². The molecule has 7 heteroatoms. The highest BCUT2D eigenvalue weighted by Crippen LogP contribution is 2.31. The number of carbonyl (C=O) groups excluding carboxylic acids is 1. The molecule has 1 N–H and O–H groups in total. The lowest BCUT2D eigenvalue weighted by atomic mass is 9.88. The van der Waals surface area contributed by atoms with E-state index in [4.69, 9.17) is 8.83 Å². The third-order valence-electron chi connectivity index (χ3n) is 4.47. The summed E-state index contributed by atoms with van der Waals surface area (Å²) in [6.07, 6.45) is 4.66. The predicted octanol–water partition coefficient (Wildman–Crippen LogP) is 4.00. The Morgan fingerprint density at radius 3 is 3.00 bits per heavy atom. The first-order chi connectivity index (χ1) is 12.7. The Balaban J connectivity index is 1.40. The number of nitrogens with one attached hydrogen (secondary N) is 1. The second-order valence-corrected chi connectivity index (χ2v) is 7.55. The minimum atomic E-state index is -0.339. The van der Waals surface area contributed by atoms with Crippen molar-refractivity contribution in [2.24, 2.45) is 0 Å². The van der Waals surface area contributed by atoms with Crippen LogP contribution < -0.4 is 5.32 Å². The van der Waals surface area contributed by atoms with Gasteiger partial charge in [-0.1, -0.05) is 36.0 Å². The minimum Gasteiger partial charge on any atom is -0.459 e. The second-order valence-electron chi connectivity index (χ2n) is 6.26. The van der Waals surface area contributed by atoms with Gasteiger partial charge >= 0.3 is 0 Å². The number of aryl methyl sites for hydroxylation is 1. The third-order valence-corrected chi connectivity index (χ3v) is 5.41. The highest BCUT2D eigenvalue weighted by atomic mass is 32.2. The number of hydrogen-bond acceptors (Lipinski definition) is 6. The summed E-state index contributed by atoms with van der Waals surface area (Å²) in [5.74, 6) is 0.793. The van der Waals surface area contributed by atoms with Gasteiger partial charge in [-0.15, -0.1) is 10.2 Å². The number of aromatic nitrogens is 2. The molecule has 0 radical (unpaired) electrons. The highest BCUT2D eigenvalue weighted by molar-refractivity contribution is 8.00. The minimum absolute atomic E-state index is 0.0329. The molecule has 3 aromatic rings. The molecule has 26 heavy (non-hydrogen) atoms. The lowest BCUT2D eigenvalue weighted by Gasteiger charge is -2.27. The smallest absolute Gasteiger partial charge is 0.284 e. The zero-order valence-corrected chi connectivity index (χ0v) is 15.2. The van der Waals surface area contributed by atoms with Gasteiger partial charge in [0.25, 0.3) is 11.1 Å². The van der Waals surface area contributed by atoms with Crippen molar-refractivity contribution in [1.82, 2.24) is 15.5 Å². The monoisotopic (exact) mass is 369 g/mol. The molecular weight excluding hydrogens is 350 g/mol. The largest absolute Gasteiger partial charge is 0.459 e. The molecule has 2 aromatic heterocycles. The first kappa shape index (κ1) is 16.9. The molecule has 4 rings (SSSR count). The van der Waals surface area contributed by atoms with E-state index in [-0.39, 0.29) is 17.2 Å². The van der Waals surface area contributed by atoms with Crippen molar-refractivity contribution in [1.29, 1.82) is 0 Å². The van der Waals surface area contributed by atoms with E-state index in [1.807, 2.05) is 19.1 Å². The molecule has 0 bridgehead atoms. The van der Waals surface area contributed by atoms with Gasteiger partial charge in [-0.3, -0.25) is 4.79 Å². The van der Waals surface area contributed by atoms with E-state index in [9.17, 15) is 4.79 Å². The Morgan fingerprint density at radius 1 is 1.27 bits per heavy atom. The molecule has 0 fully saturated rings. The summed E-state index contributed by atoms with van der Waals surface area (Å²) in [4.78, 5) is 12.6. The van der Waals surface area contributed by atoms with E-state index >= 15 is 0 Å². The molecule has 1 aromatic carbocycles. The van der Waals surface area contributed by atoms with Crippen LogP contribution in [0, 0.1) is 0 Å². The average Bonchev–Trinajstić information content (AvgIpc) is 3.33. The van der Waals surface area contributed by atoms with Crippen LogP contribution >= 0.6 is 11.8 Å². The van der Waals surface area contributed by atoms with Crippen molar-refractivity contribution < 1.29 is 13.6 Å². The molecule has 2 heterocycles. The first-order valence-corrected chi connectivity index (χ1v) is 9.51. The van der Waals surface area contributed by atoms with Crippen LogP contribution in [0.4, 0.5) is 0 Å². The molecule has 6 nitrogen and oxygen atoms in total. The number of hydrogen-bond donors (Lipinski definition) is 1. The van der Waals surface area contributed by atoms with Crippen LogP contribution in [0.1, 0.15) is 36.9 Å². The van der Waals surface area contributed by atoms with Crippen molar-refractivity contribution in [3.05, 3.63) is 53.8 Å². The molecule has 1 aliphatic rings. The summed E-state index contributed by atoms with van der Waals surface area (Å²) >= 11 is 1.25. The quantitative estimate of drug-likeness (QED) is 0.685. The van der Waals surface area contributed by atoms with Crippen molar-refractivity contribution in [2.45, 2.75) is 42.7 Å². The van der Waals surface area contributed by atoms with Crippen LogP contribution in [0.5, 0.6) is 0 Å². The van der Waals surface area contributed by atoms with Gasteiger partial charge in [0, 0.05) is 0 Å². The zero-order chi connectivity index (χ0) is 17.9. The molecule has 1 aliphatic carbocycles. The van der Waals surface area contributed by atoms with E-state index < -0.39 is 0 Å². The molecule has 0 saturated carbocycles. The molecule has 0 spiro atoms. The Hall–Kier alpha value is -2.54. The van der Waals surface area contributed by atoms with Crippen LogP contribution in [-0.2, 0) is 11.2 Å². The van der Waals surface area contributed by atoms with E-state index in [1.165, 1.54) is 22.9 Å². The Bertz CT molecular complexity index is 891. The average molecular weight is 369 g/mol. The number of fused-ring (bicyclic) bond motifs is 1. The second kappa shape index (κ2) is 7.37. The van der Waals surface area contributed by atoms with Gasteiger partial charge in [0.1, 0.15) is 0 Å². The highest BCUT2D eigenvalue weighted by Gasteiger charge is 2.25. The van der Waals surface area contributed by atoms with Gasteiger partial charge in [-0.25, -0.2) is 0 Å². The number of furan rings is 1. The number of carbonyl (C=O) groups is 1. The number of nitrogens with zero attached hydrogens (tertiary/aromatic N) is 2.